The van der Waals surface area contributed by atoms with Crippen molar-refractivity contribution in [3.05, 3.63) is 71.4 Å². The van der Waals surface area contributed by atoms with E-state index in [1.54, 1.807) is 30.6 Å². The van der Waals surface area contributed by atoms with E-state index in [2.05, 4.69) is 16.6 Å². The number of aromatic hydroxyl groups is 1. The molecule has 0 bridgehead atoms. The Hall–Kier alpha value is -3.39. The molecule has 0 unspecified atom stereocenters. The summed E-state index contributed by atoms with van der Waals surface area (Å²) in [6.45, 7) is 3.93. The van der Waals surface area contributed by atoms with Gasteiger partial charge in [-0.2, -0.15) is 0 Å². The molecular formula is C19H15N3O4S. The first-order valence-electron chi connectivity index (χ1n) is 7.87. The average Bonchev–Trinajstić information content (AvgIpc) is 2.91. The second-order valence-electron chi connectivity index (χ2n) is 5.50. The van der Waals surface area contributed by atoms with Crippen LogP contribution in [0.3, 0.4) is 0 Å². The van der Waals surface area contributed by atoms with Crippen LogP contribution >= 0.6 is 11.8 Å². The molecule has 1 aliphatic rings. The summed E-state index contributed by atoms with van der Waals surface area (Å²) in [4.78, 5) is 34.0. The number of amides is 1. The molecule has 2 heterocycles. The molecule has 0 atom stereocenters. The van der Waals surface area contributed by atoms with Gasteiger partial charge in [0, 0.05) is 25.0 Å². The summed E-state index contributed by atoms with van der Waals surface area (Å²) in [5.74, 6) is -1.83. The van der Waals surface area contributed by atoms with Crippen molar-refractivity contribution in [2.45, 2.75) is 0 Å². The highest BCUT2D eigenvalue weighted by atomic mass is 32.2. The number of carbonyl (C=O) groups excluding carboxylic acids is 1. The van der Waals surface area contributed by atoms with E-state index in [-0.39, 0.29) is 23.8 Å². The number of carboxylic acids is 1. The fourth-order valence-electron chi connectivity index (χ4n) is 2.38. The SMILES string of the molecule is C=CCN1C(=O)/C(=C/c2cccnc2)SC1=Nc1ccc(C(=O)O)c(O)c1. The van der Waals surface area contributed by atoms with Gasteiger partial charge in [0.2, 0.25) is 0 Å². The molecule has 8 heteroatoms. The fourth-order valence-corrected chi connectivity index (χ4v) is 3.38. The summed E-state index contributed by atoms with van der Waals surface area (Å²) in [6, 6.07) is 7.60. The average molecular weight is 381 g/mol. The molecule has 27 heavy (non-hydrogen) atoms. The van der Waals surface area contributed by atoms with Crippen LogP contribution < -0.4 is 0 Å². The molecule has 3 rings (SSSR count). The Labute approximate surface area is 159 Å². The summed E-state index contributed by atoms with van der Waals surface area (Å²) in [7, 11) is 0. The molecule has 1 aromatic heterocycles. The van der Waals surface area contributed by atoms with Gasteiger partial charge in [0.25, 0.3) is 5.91 Å². The number of phenols is 1. The van der Waals surface area contributed by atoms with Crippen molar-refractivity contribution >= 4 is 40.6 Å². The first-order chi connectivity index (χ1) is 13.0. The van der Waals surface area contributed by atoms with Gasteiger partial charge < -0.3 is 10.2 Å². The maximum absolute atomic E-state index is 12.7. The maximum atomic E-state index is 12.7. The number of carboxylic acid groups (broad SMARTS) is 1. The van der Waals surface area contributed by atoms with E-state index < -0.39 is 5.97 Å². The van der Waals surface area contributed by atoms with Crippen molar-refractivity contribution in [3.63, 3.8) is 0 Å². The van der Waals surface area contributed by atoms with Gasteiger partial charge in [-0.3, -0.25) is 14.7 Å². The van der Waals surface area contributed by atoms with Crippen molar-refractivity contribution < 1.29 is 19.8 Å². The van der Waals surface area contributed by atoms with Crippen LogP contribution in [-0.2, 0) is 4.79 Å². The number of thioether (sulfide) groups is 1. The second kappa shape index (κ2) is 7.88. The molecule has 1 aromatic carbocycles. The minimum atomic E-state index is -1.23. The van der Waals surface area contributed by atoms with Gasteiger partial charge in [-0.15, -0.1) is 6.58 Å². The number of amidine groups is 1. The predicted molar refractivity (Wildman–Crippen MR) is 104 cm³/mol. The zero-order valence-corrected chi connectivity index (χ0v) is 14.9. The Morgan fingerprint density at radius 2 is 2.19 bits per heavy atom. The molecule has 1 fully saturated rings. The first-order valence-corrected chi connectivity index (χ1v) is 8.68. The van der Waals surface area contributed by atoms with Gasteiger partial charge in [-0.05, 0) is 41.6 Å². The molecule has 0 radical (unpaired) electrons. The lowest BCUT2D eigenvalue weighted by atomic mass is 10.2. The van der Waals surface area contributed by atoms with Gasteiger partial charge in [0.05, 0.1) is 10.6 Å². The van der Waals surface area contributed by atoms with Crippen LogP contribution in [0, 0.1) is 0 Å². The third-order valence-corrected chi connectivity index (χ3v) is 4.63. The van der Waals surface area contributed by atoms with Crippen molar-refractivity contribution in [1.29, 1.82) is 0 Å². The zero-order valence-electron chi connectivity index (χ0n) is 14.1. The predicted octanol–water partition coefficient (Wildman–Crippen LogP) is 3.28. The lowest BCUT2D eigenvalue weighted by Gasteiger charge is -2.12. The number of pyridine rings is 1. The first kappa shape index (κ1) is 18.4. The van der Waals surface area contributed by atoms with Crippen molar-refractivity contribution in [2.75, 3.05) is 6.54 Å². The Kier molecular flexibility index (Phi) is 5.37. The number of benzene rings is 1. The monoisotopic (exact) mass is 381 g/mol. The number of nitrogens with zero attached hydrogens (tertiary/aromatic N) is 3. The molecule has 2 N–H and O–H groups in total. The van der Waals surface area contributed by atoms with E-state index >= 15 is 0 Å². The molecule has 0 spiro atoms. The van der Waals surface area contributed by atoms with Crippen LogP contribution in [0.15, 0.2) is 65.3 Å². The second-order valence-corrected chi connectivity index (χ2v) is 6.51. The molecule has 0 saturated carbocycles. The maximum Gasteiger partial charge on any atom is 0.339 e. The Morgan fingerprint density at radius 3 is 2.81 bits per heavy atom. The molecule has 0 aliphatic carbocycles. The van der Waals surface area contributed by atoms with Crippen LogP contribution in [0.4, 0.5) is 5.69 Å². The third-order valence-electron chi connectivity index (χ3n) is 3.62. The minimum absolute atomic E-state index is 0.214. The number of carbonyl (C=O) groups is 2. The lowest BCUT2D eigenvalue weighted by molar-refractivity contribution is -0.121. The van der Waals surface area contributed by atoms with Crippen LogP contribution in [0.5, 0.6) is 5.75 Å². The molecule has 1 amide bonds. The molecular weight excluding hydrogens is 366 g/mol. The number of aromatic carboxylic acids is 1. The number of aromatic nitrogens is 1. The van der Waals surface area contributed by atoms with Crippen LogP contribution in [0.2, 0.25) is 0 Å². The van der Waals surface area contributed by atoms with E-state index in [0.717, 1.165) is 5.56 Å². The number of rotatable bonds is 5. The Balaban J connectivity index is 1.96. The van der Waals surface area contributed by atoms with Crippen molar-refractivity contribution in [1.82, 2.24) is 9.88 Å². The van der Waals surface area contributed by atoms with Crippen LogP contribution in [0.25, 0.3) is 6.08 Å². The highest BCUT2D eigenvalue weighted by Gasteiger charge is 2.32. The van der Waals surface area contributed by atoms with Gasteiger partial charge in [-0.25, -0.2) is 9.79 Å². The number of hydrogen-bond acceptors (Lipinski definition) is 6. The molecule has 7 nitrogen and oxygen atoms in total. The summed E-state index contributed by atoms with van der Waals surface area (Å²) >= 11 is 1.19. The normalized spacial score (nSPS) is 16.9. The summed E-state index contributed by atoms with van der Waals surface area (Å²) in [5.41, 5.74) is 0.912. The highest BCUT2D eigenvalue weighted by Crippen LogP contribution is 2.34. The van der Waals surface area contributed by atoms with Gasteiger partial charge in [-0.1, -0.05) is 12.1 Å². The van der Waals surface area contributed by atoms with Crippen LogP contribution in [0.1, 0.15) is 15.9 Å². The van der Waals surface area contributed by atoms with Crippen LogP contribution in [-0.4, -0.2) is 43.7 Å². The smallest absolute Gasteiger partial charge is 0.339 e. The quantitative estimate of drug-likeness (QED) is 0.609. The van der Waals surface area contributed by atoms with Gasteiger partial charge >= 0.3 is 5.97 Å². The van der Waals surface area contributed by atoms with E-state index in [9.17, 15) is 14.7 Å². The summed E-state index contributed by atoms with van der Waals surface area (Å²) in [6.07, 6.45) is 6.61. The van der Waals surface area contributed by atoms with E-state index in [1.807, 2.05) is 6.07 Å². The topological polar surface area (TPSA) is 103 Å². The molecule has 1 aliphatic heterocycles. The van der Waals surface area contributed by atoms with Gasteiger partial charge in [0.15, 0.2) is 5.17 Å². The minimum Gasteiger partial charge on any atom is -0.507 e. The highest BCUT2D eigenvalue weighted by molar-refractivity contribution is 8.18. The van der Waals surface area contributed by atoms with Gasteiger partial charge in [0.1, 0.15) is 11.3 Å². The standard InChI is InChI=1S/C19H15N3O4S/c1-2-8-22-17(24)16(9-12-4-3-7-20-11-12)27-19(22)21-13-5-6-14(18(25)26)15(23)10-13/h2-7,9-11,23H,1,8H2,(H,25,26)/b16-9-,21-19?. The molecule has 136 valence electrons. The number of aliphatic imine (C=N–C) groups is 1. The summed E-state index contributed by atoms with van der Waals surface area (Å²) < 4.78 is 0. The van der Waals surface area contributed by atoms with E-state index in [0.29, 0.717) is 15.8 Å². The molecule has 2 aromatic rings. The fraction of sp³-hybridized carbons (Fsp3) is 0.0526. The van der Waals surface area contributed by atoms with Crippen molar-refractivity contribution in [3.8, 4) is 5.75 Å². The Morgan fingerprint density at radius 1 is 1.37 bits per heavy atom. The van der Waals surface area contributed by atoms with E-state index in [1.165, 1.54) is 34.9 Å². The largest absolute Gasteiger partial charge is 0.507 e. The summed E-state index contributed by atoms with van der Waals surface area (Å²) in [5, 5.41) is 19.2. The molecule has 1 saturated heterocycles. The number of hydrogen-bond donors (Lipinski definition) is 2. The third kappa shape index (κ3) is 4.06. The lowest BCUT2D eigenvalue weighted by Crippen LogP contribution is -2.29. The van der Waals surface area contributed by atoms with E-state index in [4.69, 9.17) is 5.11 Å². The Bertz CT molecular complexity index is 970. The zero-order chi connectivity index (χ0) is 19.4. The van der Waals surface area contributed by atoms with Crippen molar-refractivity contribution in [2.24, 2.45) is 4.99 Å².